The molecule has 2 rings (SSSR count). The number of hydrogen-bond acceptors (Lipinski definition) is 4. The molecular formula is C12H15F3N4O3S. The first-order valence-electron chi connectivity index (χ1n) is 6.70. The predicted molar refractivity (Wildman–Crippen MR) is 74.0 cm³/mol. The van der Waals surface area contributed by atoms with E-state index in [0.717, 1.165) is 4.90 Å². The van der Waals surface area contributed by atoms with Crippen LogP contribution in [0.1, 0.15) is 0 Å². The minimum atomic E-state index is -4.48. The molecule has 23 heavy (non-hydrogen) atoms. The van der Waals surface area contributed by atoms with Crippen molar-refractivity contribution in [1.29, 1.82) is 0 Å². The number of hydrogen-bond donors (Lipinski definition) is 1. The second-order valence-electron chi connectivity index (χ2n) is 4.85. The maximum Gasteiger partial charge on any atom is 0.405 e. The third-order valence-corrected chi connectivity index (χ3v) is 5.12. The van der Waals surface area contributed by atoms with Gasteiger partial charge in [0.25, 0.3) is 0 Å². The number of rotatable bonds is 3. The molecule has 0 saturated carbocycles. The molecule has 2 heterocycles. The minimum absolute atomic E-state index is 0.0106. The molecule has 1 aromatic heterocycles. The van der Waals surface area contributed by atoms with Gasteiger partial charge in [-0.25, -0.2) is 13.2 Å². The standard InChI is InChI=1S/C12H15F3N4O3S/c13-12(14,15)9-17-11(20)18-4-6-19(7-5-18)23(21,22)10-2-1-3-16-8-10/h1-3,8H,4-7,9H2,(H,17,20). The molecule has 128 valence electrons. The third-order valence-electron chi connectivity index (χ3n) is 3.24. The number of alkyl halides is 3. The molecule has 0 atom stereocenters. The summed E-state index contributed by atoms with van der Waals surface area (Å²) in [4.78, 5) is 16.5. The van der Waals surface area contributed by atoms with E-state index in [-0.39, 0.29) is 31.1 Å². The topological polar surface area (TPSA) is 82.6 Å². The van der Waals surface area contributed by atoms with Crippen molar-refractivity contribution >= 4 is 16.1 Å². The molecule has 7 nitrogen and oxygen atoms in total. The number of sulfonamides is 1. The van der Waals surface area contributed by atoms with Crippen molar-refractivity contribution in [3.63, 3.8) is 0 Å². The Bertz CT molecular complexity index is 643. The number of carbonyl (C=O) groups is 1. The molecule has 2 amide bonds. The van der Waals surface area contributed by atoms with E-state index in [2.05, 4.69) is 4.98 Å². The molecule has 1 fully saturated rings. The molecule has 0 bridgehead atoms. The fourth-order valence-corrected chi connectivity index (χ4v) is 3.45. The van der Waals surface area contributed by atoms with Gasteiger partial charge in [0.15, 0.2) is 0 Å². The van der Waals surface area contributed by atoms with Crippen LogP contribution < -0.4 is 5.32 Å². The van der Waals surface area contributed by atoms with Crippen LogP contribution in [0.15, 0.2) is 29.4 Å². The summed E-state index contributed by atoms with van der Waals surface area (Å²) in [5.74, 6) is 0. The maximum absolute atomic E-state index is 12.3. The van der Waals surface area contributed by atoms with E-state index in [0.29, 0.717) is 0 Å². The van der Waals surface area contributed by atoms with Crippen molar-refractivity contribution in [1.82, 2.24) is 19.5 Å². The lowest BCUT2D eigenvalue weighted by Gasteiger charge is -2.33. The number of amides is 2. The molecule has 1 N–H and O–H groups in total. The van der Waals surface area contributed by atoms with Crippen molar-refractivity contribution in [2.24, 2.45) is 0 Å². The number of pyridine rings is 1. The lowest BCUT2D eigenvalue weighted by molar-refractivity contribution is -0.123. The fourth-order valence-electron chi connectivity index (χ4n) is 2.07. The molecule has 0 aromatic carbocycles. The zero-order chi connectivity index (χ0) is 17.1. The smallest absolute Gasteiger partial charge is 0.329 e. The summed E-state index contributed by atoms with van der Waals surface area (Å²) >= 11 is 0. The van der Waals surface area contributed by atoms with Crippen LogP contribution in [0.2, 0.25) is 0 Å². The van der Waals surface area contributed by atoms with Gasteiger partial charge < -0.3 is 10.2 Å². The number of halogens is 3. The van der Waals surface area contributed by atoms with Gasteiger partial charge in [-0.15, -0.1) is 0 Å². The zero-order valence-electron chi connectivity index (χ0n) is 12.0. The summed E-state index contributed by atoms with van der Waals surface area (Å²) in [5, 5.41) is 1.76. The van der Waals surface area contributed by atoms with E-state index in [1.165, 1.54) is 28.8 Å². The highest BCUT2D eigenvalue weighted by Gasteiger charge is 2.32. The monoisotopic (exact) mass is 352 g/mol. The maximum atomic E-state index is 12.3. The Morgan fingerprint density at radius 3 is 2.43 bits per heavy atom. The summed E-state index contributed by atoms with van der Waals surface area (Å²) in [5.41, 5.74) is 0. The van der Waals surface area contributed by atoms with E-state index in [1.54, 1.807) is 5.32 Å². The van der Waals surface area contributed by atoms with Crippen LogP contribution >= 0.6 is 0 Å². The van der Waals surface area contributed by atoms with E-state index in [1.807, 2.05) is 0 Å². The van der Waals surface area contributed by atoms with E-state index in [9.17, 15) is 26.4 Å². The SMILES string of the molecule is O=C(NCC(F)(F)F)N1CCN(S(=O)(=O)c2cccnc2)CC1. The normalized spacial score (nSPS) is 17.1. The van der Waals surface area contributed by atoms with E-state index in [4.69, 9.17) is 0 Å². The Hall–Kier alpha value is -1.88. The average Bonchev–Trinajstić information content (AvgIpc) is 2.53. The third kappa shape index (κ3) is 4.55. The first-order valence-corrected chi connectivity index (χ1v) is 8.14. The van der Waals surface area contributed by atoms with Gasteiger partial charge in [0.1, 0.15) is 11.4 Å². The van der Waals surface area contributed by atoms with Gasteiger partial charge in [-0.2, -0.15) is 17.5 Å². The highest BCUT2D eigenvalue weighted by Crippen LogP contribution is 2.17. The number of piperazine rings is 1. The number of carbonyl (C=O) groups excluding carboxylic acids is 1. The number of aromatic nitrogens is 1. The second-order valence-corrected chi connectivity index (χ2v) is 6.79. The quantitative estimate of drug-likeness (QED) is 0.866. The van der Waals surface area contributed by atoms with E-state index >= 15 is 0 Å². The molecule has 1 aliphatic rings. The molecule has 11 heteroatoms. The molecule has 0 aliphatic carbocycles. The van der Waals surface area contributed by atoms with Gasteiger partial charge in [0.2, 0.25) is 10.0 Å². The summed E-state index contributed by atoms with van der Waals surface area (Å²) in [7, 11) is -3.71. The van der Waals surface area contributed by atoms with E-state index < -0.39 is 28.8 Å². The van der Waals surface area contributed by atoms with Crippen LogP contribution in [0.4, 0.5) is 18.0 Å². The van der Waals surface area contributed by atoms with Crippen LogP contribution in [0.25, 0.3) is 0 Å². The Morgan fingerprint density at radius 1 is 1.26 bits per heavy atom. The summed E-state index contributed by atoms with van der Waals surface area (Å²) in [6.07, 6.45) is -1.82. The number of nitrogens with zero attached hydrogens (tertiary/aromatic N) is 3. The molecule has 0 spiro atoms. The Labute approximate surface area is 131 Å². The minimum Gasteiger partial charge on any atom is -0.329 e. The van der Waals surface area contributed by atoms with Crippen LogP contribution in [0.5, 0.6) is 0 Å². The van der Waals surface area contributed by atoms with Gasteiger partial charge in [-0.3, -0.25) is 4.98 Å². The van der Waals surface area contributed by atoms with Crippen LogP contribution in [0, 0.1) is 0 Å². The number of nitrogens with one attached hydrogen (secondary N) is 1. The predicted octanol–water partition coefficient (Wildman–Crippen LogP) is 0.660. The van der Waals surface area contributed by atoms with Gasteiger partial charge in [0, 0.05) is 38.6 Å². The Morgan fingerprint density at radius 2 is 1.91 bits per heavy atom. The van der Waals surface area contributed by atoms with Crippen molar-refractivity contribution in [2.75, 3.05) is 32.7 Å². The van der Waals surface area contributed by atoms with Crippen molar-refractivity contribution < 1.29 is 26.4 Å². The lowest BCUT2D eigenvalue weighted by atomic mass is 10.4. The van der Waals surface area contributed by atoms with Crippen LogP contribution in [0.3, 0.4) is 0 Å². The average molecular weight is 352 g/mol. The second kappa shape index (κ2) is 6.71. The molecule has 0 radical (unpaired) electrons. The summed E-state index contributed by atoms with van der Waals surface area (Å²) in [6.45, 7) is -1.36. The largest absolute Gasteiger partial charge is 0.405 e. The highest BCUT2D eigenvalue weighted by atomic mass is 32.2. The Kier molecular flexibility index (Phi) is 5.09. The molecule has 1 aromatic rings. The van der Waals surface area contributed by atoms with Gasteiger partial charge >= 0.3 is 12.2 Å². The van der Waals surface area contributed by atoms with Crippen LogP contribution in [-0.2, 0) is 10.0 Å². The summed E-state index contributed by atoms with van der Waals surface area (Å²) < 4.78 is 62.0. The van der Waals surface area contributed by atoms with Crippen molar-refractivity contribution in [3.05, 3.63) is 24.5 Å². The molecule has 1 saturated heterocycles. The van der Waals surface area contributed by atoms with Gasteiger partial charge in [-0.05, 0) is 12.1 Å². The molecule has 1 aliphatic heterocycles. The molecular weight excluding hydrogens is 337 g/mol. The van der Waals surface area contributed by atoms with Crippen molar-refractivity contribution in [3.8, 4) is 0 Å². The number of urea groups is 1. The van der Waals surface area contributed by atoms with Crippen LogP contribution in [-0.4, -0.2) is 67.5 Å². The molecule has 0 unspecified atom stereocenters. The first-order chi connectivity index (χ1) is 10.7. The highest BCUT2D eigenvalue weighted by molar-refractivity contribution is 7.89. The summed E-state index contributed by atoms with van der Waals surface area (Å²) in [6, 6.07) is 2.04. The Balaban J connectivity index is 1.92. The van der Waals surface area contributed by atoms with Gasteiger partial charge in [0.05, 0.1) is 0 Å². The first kappa shape index (κ1) is 17.5. The van der Waals surface area contributed by atoms with Gasteiger partial charge in [-0.1, -0.05) is 0 Å². The zero-order valence-corrected chi connectivity index (χ0v) is 12.8. The van der Waals surface area contributed by atoms with Crippen molar-refractivity contribution in [2.45, 2.75) is 11.1 Å². The lowest BCUT2D eigenvalue weighted by Crippen LogP contribution is -2.54. The fraction of sp³-hybridized carbons (Fsp3) is 0.500.